The van der Waals surface area contributed by atoms with Gasteiger partial charge in [-0.05, 0) is 23.4 Å². The van der Waals surface area contributed by atoms with Gasteiger partial charge in [0.25, 0.3) is 0 Å². The van der Waals surface area contributed by atoms with Gasteiger partial charge in [0.15, 0.2) is 11.7 Å². The molecule has 0 atom stereocenters. The number of nitrogens with zero attached hydrogens (tertiary/aromatic N) is 3. The Bertz CT molecular complexity index is 759. The van der Waals surface area contributed by atoms with Crippen molar-refractivity contribution >= 4 is 52.6 Å². The summed E-state index contributed by atoms with van der Waals surface area (Å²) in [5.74, 6) is 0.557. The number of hydrogen-bond acceptors (Lipinski definition) is 5. The van der Waals surface area contributed by atoms with E-state index >= 15 is 0 Å². The monoisotopic (exact) mass is 531 g/mol. The minimum absolute atomic E-state index is 0. The number of alkyl halides is 3. The van der Waals surface area contributed by atoms with Gasteiger partial charge < -0.3 is 10.6 Å². The summed E-state index contributed by atoms with van der Waals surface area (Å²) in [6.45, 7) is 3.81. The average Bonchev–Trinajstić information content (AvgIpc) is 3.26. The van der Waals surface area contributed by atoms with Gasteiger partial charge in [-0.3, -0.25) is 9.89 Å². The molecule has 27 heavy (non-hydrogen) atoms. The van der Waals surface area contributed by atoms with Gasteiger partial charge in [-0.15, -0.1) is 46.7 Å². The van der Waals surface area contributed by atoms with Gasteiger partial charge >= 0.3 is 6.18 Å². The lowest BCUT2D eigenvalue weighted by atomic mass is 10.1. The van der Waals surface area contributed by atoms with E-state index in [1.165, 1.54) is 10.4 Å². The van der Waals surface area contributed by atoms with Crippen LogP contribution >= 0.6 is 46.7 Å². The number of halogens is 4. The number of guanidine groups is 1. The molecule has 0 spiro atoms. The third-order valence-corrected chi connectivity index (χ3v) is 5.95. The molecule has 3 heterocycles. The predicted octanol–water partition coefficient (Wildman–Crippen LogP) is 3.56. The highest BCUT2D eigenvalue weighted by molar-refractivity contribution is 14.0. The third-order valence-electron chi connectivity index (χ3n) is 4.08. The smallest absolute Gasteiger partial charge is 0.355 e. The Hall–Kier alpha value is -0.920. The molecule has 0 radical (unpaired) electrons. The molecule has 1 aliphatic rings. The van der Waals surface area contributed by atoms with E-state index in [0.29, 0.717) is 17.5 Å². The lowest BCUT2D eigenvalue weighted by molar-refractivity contribution is -0.140. The molecule has 1 aliphatic heterocycles. The van der Waals surface area contributed by atoms with Gasteiger partial charge in [0.2, 0.25) is 0 Å². The van der Waals surface area contributed by atoms with E-state index in [4.69, 9.17) is 0 Å². The van der Waals surface area contributed by atoms with Crippen molar-refractivity contribution in [1.82, 2.24) is 20.5 Å². The maximum atomic E-state index is 12.6. The Labute approximate surface area is 181 Å². The summed E-state index contributed by atoms with van der Waals surface area (Å²) >= 11 is 2.81. The number of thiazole rings is 1. The minimum Gasteiger partial charge on any atom is -0.355 e. The van der Waals surface area contributed by atoms with Crippen LogP contribution in [-0.4, -0.2) is 42.5 Å². The number of aliphatic imine (C=N–C) groups is 1. The fraction of sp³-hybridized carbons (Fsp3) is 0.500. The summed E-state index contributed by atoms with van der Waals surface area (Å²) in [6, 6.07) is 2.18. The Kier molecular flexibility index (Phi) is 8.31. The number of thiophene rings is 1. The molecule has 0 bridgehead atoms. The van der Waals surface area contributed by atoms with Gasteiger partial charge in [0.05, 0.1) is 6.54 Å². The molecule has 3 rings (SSSR count). The first-order chi connectivity index (χ1) is 12.5. The predicted molar refractivity (Wildman–Crippen MR) is 114 cm³/mol. The molecule has 2 aromatic rings. The van der Waals surface area contributed by atoms with Crippen molar-refractivity contribution in [2.75, 3.05) is 26.7 Å². The SMILES string of the molecule is CN=C(NCCN1CCc2sccc2C1)NCc1nc(C(F)(F)F)cs1.I. The van der Waals surface area contributed by atoms with Crippen molar-refractivity contribution in [1.29, 1.82) is 0 Å². The summed E-state index contributed by atoms with van der Waals surface area (Å²) in [5, 5.41) is 9.74. The lowest BCUT2D eigenvalue weighted by Crippen LogP contribution is -2.42. The van der Waals surface area contributed by atoms with Crippen LogP contribution in [0.15, 0.2) is 21.8 Å². The summed E-state index contributed by atoms with van der Waals surface area (Å²) in [7, 11) is 1.64. The first kappa shape index (κ1) is 22.4. The van der Waals surface area contributed by atoms with Crippen molar-refractivity contribution in [3.8, 4) is 0 Å². The second kappa shape index (κ2) is 10.0. The van der Waals surface area contributed by atoms with E-state index < -0.39 is 11.9 Å². The zero-order valence-electron chi connectivity index (χ0n) is 14.7. The van der Waals surface area contributed by atoms with Crippen molar-refractivity contribution < 1.29 is 13.2 Å². The van der Waals surface area contributed by atoms with Crippen LogP contribution in [0.25, 0.3) is 0 Å². The molecule has 0 amide bonds. The van der Waals surface area contributed by atoms with Crippen molar-refractivity contribution in [2.24, 2.45) is 4.99 Å². The lowest BCUT2D eigenvalue weighted by Gasteiger charge is -2.27. The number of fused-ring (bicyclic) bond motifs is 1. The molecule has 11 heteroatoms. The summed E-state index contributed by atoms with van der Waals surface area (Å²) in [6.07, 6.45) is -3.31. The standard InChI is InChI=1S/C16H20F3N5S2.HI/c1-20-15(22-8-14-23-13(10-26-14)16(17,18)19)21-4-6-24-5-2-12-11(9-24)3-7-25-12;/h3,7,10H,2,4-6,8-9H2,1H3,(H2,20,21,22);1H. The summed E-state index contributed by atoms with van der Waals surface area (Å²) in [4.78, 5) is 11.6. The normalized spacial score (nSPS) is 15.2. The van der Waals surface area contributed by atoms with Gasteiger partial charge in [-0.2, -0.15) is 13.2 Å². The highest BCUT2D eigenvalue weighted by atomic mass is 127. The number of aromatic nitrogens is 1. The molecule has 0 saturated heterocycles. The Morgan fingerprint density at radius 2 is 2.15 bits per heavy atom. The highest BCUT2D eigenvalue weighted by Gasteiger charge is 2.33. The number of nitrogens with one attached hydrogen (secondary N) is 2. The molecule has 0 aliphatic carbocycles. The Morgan fingerprint density at radius 3 is 2.85 bits per heavy atom. The van der Waals surface area contributed by atoms with Gasteiger partial charge in [0, 0.05) is 43.5 Å². The van der Waals surface area contributed by atoms with Crippen LogP contribution in [0.1, 0.15) is 21.1 Å². The molecule has 0 fully saturated rings. The van der Waals surface area contributed by atoms with Gasteiger partial charge in [0.1, 0.15) is 5.01 Å². The quantitative estimate of drug-likeness (QED) is 0.352. The average molecular weight is 531 g/mol. The van der Waals surface area contributed by atoms with E-state index in [9.17, 15) is 13.2 Å². The molecular weight excluding hydrogens is 510 g/mol. The molecule has 150 valence electrons. The fourth-order valence-electron chi connectivity index (χ4n) is 2.73. The van der Waals surface area contributed by atoms with Gasteiger partial charge in [-0.1, -0.05) is 0 Å². The molecule has 0 aromatic carbocycles. The first-order valence-electron chi connectivity index (χ1n) is 8.19. The van der Waals surface area contributed by atoms with Crippen LogP contribution in [0.4, 0.5) is 13.2 Å². The van der Waals surface area contributed by atoms with Crippen LogP contribution in [0.3, 0.4) is 0 Å². The van der Waals surface area contributed by atoms with E-state index in [-0.39, 0.29) is 30.5 Å². The van der Waals surface area contributed by atoms with Crippen molar-refractivity contribution in [3.05, 3.63) is 38.0 Å². The Morgan fingerprint density at radius 1 is 1.33 bits per heavy atom. The zero-order valence-corrected chi connectivity index (χ0v) is 18.6. The molecule has 0 unspecified atom stereocenters. The maximum Gasteiger partial charge on any atom is 0.434 e. The molecular formula is C16H21F3IN5S2. The molecule has 2 aromatic heterocycles. The van der Waals surface area contributed by atoms with E-state index in [0.717, 1.165) is 42.8 Å². The second-order valence-corrected chi connectivity index (χ2v) is 7.82. The maximum absolute atomic E-state index is 12.6. The van der Waals surface area contributed by atoms with E-state index in [1.54, 1.807) is 7.05 Å². The van der Waals surface area contributed by atoms with E-state index in [2.05, 4.69) is 37.0 Å². The summed E-state index contributed by atoms with van der Waals surface area (Å²) < 4.78 is 37.7. The highest BCUT2D eigenvalue weighted by Crippen LogP contribution is 2.29. The van der Waals surface area contributed by atoms with Crippen LogP contribution in [0, 0.1) is 0 Å². The molecule has 2 N–H and O–H groups in total. The Balaban J connectivity index is 0.00000261. The van der Waals surface area contributed by atoms with Crippen LogP contribution in [0.2, 0.25) is 0 Å². The van der Waals surface area contributed by atoms with Crippen molar-refractivity contribution in [2.45, 2.75) is 25.7 Å². The van der Waals surface area contributed by atoms with Crippen LogP contribution in [0.5, 0.6) is 0 Å². The minimum atomic E-state index is -4.40. The van der Waals surface area contributed by atoms with Crippen LogP contribution < -0.4 is 10.6 Å². The summed E-state index contributed by atoms with van der Waals surface area (Å²) in [5.41, 5.74) is 0.563. The number of hydrogen-bond donors (Lipinski definition) is 2. The number of rotatable bonds is 5. The second-order valence-electron chi connectivity index (χ2n) is 5.87. The van der Waals surface area contributed by atoms with Crippen LogP contribution in [-0.2, 0) is 25.7 Å². The zero-order chi connectivity index (χ0) is 18.6. The fourth-order valence-corrected chi connectivity index (χ4v) is 4.36. The third kappa shape index (κ3) is 6.29. The van der Waals surface area contributed by atoms with Crippen molar-refractivity contribution in [3.63, 3.8) is 0 Å². The molecule has 0 saturated carbocycles. The topological polar surface area (TPSA) is 52.6 Å². The largest absolute Gasteiger partial charge is 0.434 e. The van der Waals surface area contributed by atoms with E-state index in [1.807, 2.05) is 11.3 Å². The molecule has 5 nitrogen and oxygen atoms in total. The first-order valence-corrected chi connectivity index (χ1v) is 9.95. The van der Waals surface area contributed by atoms with Gasteiger partial charge in [-0.25, -0.2) is 4.98 Å².